The van der Waals surface area contributed by atoms with Crippen LogP contribution in [0.25, 0.3) is 0 Å². The summed E-state index contributed by atoms with van der Waals surface area (Å²) in [5.41, 5.74) is 0.671. The Bertz CT molecular complexity index is 466. The van der Waals surface area contributed by atoms with Crippen LogP contribution in [-0.2, 0) is 16.1 Å². The van der Waals surface area contributed by atoms with Crippen LogP contribution in [0.15, 0.2) is 18.2 Å². The number of amides is 1. The molecule has 0 radical (unpaired) electrons. The summed E-state index contributed by atoms with van der Waals surface area (Å²) in [5, 5.41) is 3.13. The predicted molar refractivity (Wildman–Crippen MR) is 78.8 cm³/mol. The number of carbonyl (C=O) groups is 1. The number of hydrogen-bond donors (Lipinski definition) is 1. The lowest BCUT2D eigenvalue weighted by molar-refractivity contribution is -0.135. The van der Waals surface area contributed by atoms with Crippen LogP contribution in [0.3, 0.4) is 0 Å². The minimum atomic E-state index is -0.741. The van der Waals surface area contributed by atoms with Crippen LogP contribution in [0.4, 0.5) is 4.39 Å². The summed E-state index contributed by atoms with van der Waals surface area (Å²) in [5.74, 6) is -0.568. The molecule has 0 saturated carbocycles. The Labute approximate surface area is 125 Å². The molecule has 0 aliphatic rings. The fourth-order valence-corrected chi connectivity index (χ4v) is 1.81. The molecule has 1 aromatic rings. The molecule has 21 heavy (non-hydrogen) atoms. The summed E-state index contributed by atoms with van der Waals surface area (Å²) in [6, 6.07) is 4.71. The first-order chi connectivity index (χ1) is 9.97. The van der Waals surface area contributed by atoms with Gasteiger partial charge >= 0.3 is 0 Å². The molecule has 118 valence electrons. The molecule has 0 fully saturated rings. The van der Waals surface area contributed by atoms with Crippen LogP contribution in [0.5, 0.6) is 5.75 Å². The normalized spacial score (nSPS) is 12.0. The highest BCUT2D eigenvalue weighted by atomic mass is 19.1. The van der Waals surface area contributed by atoms with E-state index >= 15 is 0 Å². The molecule has 6 heteroatoms. The Morgan fingerprint density at radius 2 is 2.14 bits per heavy atom. The number of ether oxygens (including phenoxy) is 2. The van der Waals surface area contributed by atoms with Crippen molar-refractivity contribution in [2.75, 3.05) is 34.4 Å². The molecule has 1 aromatic carbocycles. The van der Waals surface area contributed by atoms with Gasteiger partial charge in [0, 0.05) is 39.9 Å². The summed E-state index contributed by atoms with van der Waals surface area (Å²) in [6.45, 7) is 3.27. The minimum Gasteiger partial charge on any atom is -0.477 e. The minimum absolute atomic E-state index is 0.116. The molecule has 0 aliphatic carbocycles. The Kier molecular flexibility index (Phi) is 7.11. The highest BCUT2D eigenvalue weighted by molar-refractivity contribution is 5.80. The summed E-state index contributed by atoms with van der Waals surface area (Å²) >= 11 is 0. The SMILES string of the molecule is COCCNCc1cccc(F)c1OC(C)C(=O)N(C)C. The maximum atomic E-state index is 13.9. The van der Waals surface area contributed by atoms with E-state index in [1.54, 1.807) is 40.3 Å². The van der Waals surface area contributed by atoms with Gasteiger partial charge in [-0.15, -0.1) is 0 Å². The van der Waals surface area contributed by atoms with Crippen molar-refractivity contribution in [2.24, 2.45) is 0 Å². The number of rotatable bonds is 8. The number of likely N-dealkylation sites (N-methyl/N-ethyl adjacent to an activating group) is 1. The van der Waals surface area contributed by atoms with Crippen molar-refractivity contribution in [1.82, 2.24) is 10.2 Å². The summed E-state index contributed by atoms with van der Waals surface area (Å²) < 4.78 is 24.4. The average Bonchev–Trinajstić information content (AvgIpc) is 2.45. The van der Waals surface area contributed by atoms with Crippen molar-refractivity contribution in [3.8, 4) is 5.75 Å². The number of para-hydroxylation sites is 1. The molecule has 1 unspecified atom stereocenters. The molecule has 5 nitrogen and oxygen atoms in total. The van der Waals surface area contributed by atoms with Crippen LogP contribution in [-0.4, -0.2) is 51.3 Å². The van der Waals surface area contributed by atoms with Gasteiger partial charge in [0.1, 0.15) is 0 Å². The second-order valence-electron chi connectivity index (χ2n) is 4.89. The van der Waals surface area contributed by atoms with Gasteiger partial charge < -0.3 is 19.7 Å². The largest absolute Gasteiger partial charge is 0.477 e. The Morgan fingerprint density at radius 3 is 2.76 bits per heavy atom. The molecule has 0 aliphatic heterocycles. The van der Waals surface area contributed by atoms with E-state index in [1.807, 2.05) is 0 Å². The Hall–Kier alpha value is -1.66. The van der Waals surface area contributed by atoms with Gasteiger partial charge in [0.25, 0.3) is 5.91 Å². The third-order valence-corrected chi connectivity index (χ3v) is 2.93. The van der Waals surface area contributed by atoms with Crippen molar-refractivity contribution in [2.45, 2.75) is 19.6 Å². The van der Waals surface area contributed by atoms with Crippen LogP contribution in [0, 0.1) is 5.82 Å². The lowest BCUT2D eigenvalue weighted by Gasteiger charge is -2.20. The predicted octanol–water partition coefficient (Wildman–Crippen LogP) is 1.42. The van der Waals surface area contributed by atoms with Crippen LogP contribution < -0.4 is 10.1 Å². The number of nitrogens with one attached hydrogen (secondary N) is 1. The average molecular weight is 298 g/mol. The lowest BCUT2D eigenvalue weighted by Crippen LogP contribution is -2.35. The Morgan fingerprint density at radius 1 is 1.43 bits per heavy atom. The maximum absolute atomic E-state index is 13.9. The third kappa shape index (κ3) is 5.32. The van der Waals surface area contributed by atoms with E-state index in [2.05, 4.69) is 5.32 Å². The van der Waals surface area contributed by atoms with Gasteiger partial charge in [0.15, 0.2) is 17.7 Å². The smallest absolute Gasteiger partial charge is 0.262 e. The molecule has 0 heterocycles. The van der Waals surface area contributed by atoms with Gasteiger partial charge in [-0.2, -0.15) is 0 Å². The fraction of sp³-hybridized carbons (Fsp3) is 0.533. The van der Waals surface area contributed by atoms with Gasteiger partial charge in [-0.05, 0) is 13.0 Å². The maximum Gasteiger partial charge on any atom is 0.262 e. The van der Waals surface area contributed by atoms with E-state index in [4.69, 9.17) is 9.47 Å². The molecule has 0 saturated heterocycles. The zero-order chi connectivity index (χ0) is 15.8. The highest BCUT2D eigenvalue weighted by Gasteiger charge is 2.20. The monoisotopic (exact) mass is 298 g/mol. The quantitative estimate of drug-likeness (QED) is 0.738. The first-order valence-electron chi connectivity index (χ1n) is 6.82. The zero-order valence-corrected chi connectivity index (χ0v) is 13.0. The van der Waals surface area contributed by atoms with Crippen LogP contribution in [0.1, 0.15) is 12.5 Å². The van der Waals surface area contributed by atoms with Gasteiger partial charge in [0.05, 0.1) is 6.61 Å². The summed E-state index contributed by atoms with van der Waals surface area (Å²) in [7, 11) is 4.89. The van der Waals surface area contributed by atoms with E-state index in [0.29, 0.717) is 25.3 Å². The lowest BCUT2D eigenvalue weighted by atomic mass is 10.2. The molecule has 1 N–H and O–H groups in total. The number of nitrogens with zero attached hydrogens (tertiary/aromatic N) is 1. The third-order valence-electron chi connectivity index (χ3n) is 2.93. The molecule has 1 amide bonds. The van der Waals surface area contributed by atoms with Crippen molar-refractivity contribution in [3.05, 3.63) is 29.6 Å². The van der Waals surface area contributed by atoms with Crippen molar-refractivity contribution < 1.29 is 18.7 Å². The van der Waals surface area contributed by atoms with E-state index in [1.165, 1.54) is 11.0 Å². The van der Waals surface area contributed by atoms with E-state index < -0.39 is 11.9 Å². The number of benzene rings is 1. The molecule has 0 bridgehead atoms. The topological polar surface area (TPSA) is 50.8 Å². The summed E-state index contributed by atoms with van der Waals surface area (Å²) in [4.78, 5) is 13.2. The zero-order valence-electron chi connectivity index (χ0n) is 13.0. The molecular formula is C15H23FN2O3. The van der Waals surface area contributed by atoms with Gasteiger partial charge in [-0.3, -0.25) is 4.79 Å². The highest BCUT2D eigenvalue weighted by Crippen LogP contribution is 2.24. The molecule has 1 atom stereocenters. The molecule has 0 aromatic heterocycles. The van der Waals surface area contributed by atoms with Crippen molar-refractivity contribution >= 4 is 5.91 Å². The van der Waals surface area contributed by atoms with Crippen molar-refractivity contribution in [3.63, 3.8) is 0 Å². The second-order valence-corrected chi connectivity index (χ2v) is 4.89. The first-order valence-corrected chi connectivity index (χ1v) is 6.82. The van der Waals surface area contributed by atoms with E-state index in [-0.39, 0.29) is 11.7 Å². The van der Waals surface area contributed by atoms with Gasteiger partial charge in [0.2, 0.25) is 0 Å². The van der Waals surface area contributed by atoms with E-state index in [0.717, 1.165) is 0 Å². The Balaban J connectivity index is 2.77. The second kappa shape index (κ2) is 8.59. The molecular weight excluding hydrogens is 275 g/mol. The number of halogens is 1. The number of hydrogen-bond acceptors (Lipinski definition) is 4. The van der Waals surface area contributed by atoms with Crippen molar-refractivity contribution in [1.29, 1.82) is 0 Å². The van der Waals surface area contributed by atoms with Gasteiger partial charge in [-0.25, -0.2) is 4.39 Å². The standard InChI is InChI=1S/C15H23FN2O3/c1-11(15(19)18(2)3)21-14-12(6-5-7-13(14)16)10-17-8-9-20-4/h5-7,11,17H,8-10H2,1-4H3. The van der Waals surface area contributed by atoms with Crippen LogP contribution in [0.2, 0.25) is 0 Å². The van der Waals surface area contributed by atoms with Gasteiger partial charge in [-0.1, -0.05) is 12.1 Å². The number of carbonyl (C=O) groups excluding carboxylic acids is 1. The first kappa shape index (κ1) is 17.4. The number of methoxy groups -OCH3 is 1. The molecule has 1 rings (SSSR count). The molecule has 0 spiro atoms. The summed E-state index contributed by atoms with van der Waals surface area (Å²) in [6.07, 6.45) is -0.741. The van der Waals surface area contributed by atoms with E-state index in [9.17, 15) is 9.18 Å². The fourth-order valence-electron chi connectivity index (χ4n) is 1.81. The van der Waals surface area contributed by atoms with Crippen LogP contribution >= 0.6 is 0 Å².